The smallest absolute Gasteiger partial charge is 0.239 e. The van der Waals surface area contributed by atoms with E-state index in [0.29, 0.717) is 24.8 Å². The third-order valence-corrected chi connectivity index (χ3v) is 2.85. The first-order valence-electron chi connectivity index (χ1n) is 7.12. The first-order chi connectivity index (χ1) is 11.3. The number of anilines is 2. The number of nitrogens with zero attached hydrogens (tertiary/aromatic N) is 4. The van der Waals surface area contributed by atoms with Gasteiger partial charge in [-0.15, -0.1) is 0 Å². The fourth-order valence-electron chi connectivity index (χ4n) is 1.75. The molecule has 0 unspecified atom stereocenters. The molecule has 1 N–H and O–H groups in total. The summed E-state index contributed by atoms with van der Waals surface area (Å²) in [4.78, 5) is 25.5. The number of amides is 1. The van der Waals surface area contributed by atoms with Crippen molar-refractivity contribution in [3.8, 4) is 11.4 Å². The monoisotopic (exact) mass is 317 g/mol. The van der Waals surface area contributed by atoms with Gasteiger partial charge in [0.15, 0.2) is 5.82 Å². The lowest BCUT2D eigenvalue weighted by Gasteiger charge is -2.16. The average molecular weight is 317 g/mol. The van der Waals surface area contributed by atoms with Crippen molar-refractivity contribution in [2.75, 3.05) is 37.4 Å². The summed E-state index contributed by atoms with van der Waals surface area (Å²) in [5.74, 6) is 0.984. The van der Waals surface area contributed by atoms with Gasteiger partial charge in [0.25, 0.3) is 0 Å². The SMILES string of the molecule is CCOCN(C=O)c1nc(NCOC)nc(-c2ccccc2)n1. The third kappa shape index (κ3) is 4.70. The first-order valence-corrected chi connectivity index (χ1v) is 7.12. The molecule has 2 aromatic rings. The number of carbonyl (C=O) groups excluding carboxylic acids is 1. The number of ether oxygens (including phenoxy) is 2. The molecule has 8 heteroatoms. The average Bonchev–Trinajstić information content (AvgIpc) is 2.61. The van der Waals surface area contributed by atoms with Gasteiger partial charge in [-0.2, -0.15) is 15.0 Å². The van der Waals surface area contributed by atoms with Gasteiger partial charge in [0.05, 0.1) is 0 Å². The molecular weight excluding hydrogens is 298 g/mol. The highest BCUT2D eigenvalue weighted by atomic mass is 16.5. The van der Waals surface area contributed by atoms with Crippen molar-refractivity contribution in [3.05, 3.63) is 30.3 Å². The minimum absolute atomic E-state index is 0.0714. The molecular formula is C15H19N5O3. The van der Waals surface area contributed by atoms with Gasteiger partial charge in [0, 0.05) is 19.3 Å². The molecule has 0 aliphatic rings. The molecule has 1 aromatic heterocycles. The van der Waals surface area contributed by atoms with Gasteiger partial charge in [-0.05, 0) is 6.92 Å². The van der Waals surface area contributed by atoms with Crippen molar-refractivity contribution in [3.63, 3.8) is 0 Å². The number of carbonyl (C=O) groups is 1. The fraction of sp³-hybridized carbons (Fsp3) is 0.333. The second-order valence-electron chi connectivity index (χ2n) is 4.46. The Kier molecular flexibility index (Phi) is 6.40. The normalized spacial score (nSPS) is 10.3. The number of benzene rings is 1. The van der Waals surface area contributed by atoms with Crippen LogP contribution in [0.4, 0.5) is 11.9 Å². The number of methoxy groups -OCH3 is 1. The van der Waals surface area contributed by atoms with E-state index < -0.39 is 0 Å². The van der Waals surface area contributed by atoms with Crippen molar-refractivity contribution in [1.82, 2.24) is 15.0 Å². The highest BCUT2D eigenvalue weighted by Gasteiger charge is 2.14. The zero-order chi connectivity index (χ0) is 16.5. The van der Waals surface area contributed by atoms with E-state index in [1.165, 1.54) is 4.90 Å². The summed E-state index contributed by atoms with van der Waals surface area (Å²) in [5.41, 5.74) is 0.818. The Bertz CT molecular complexity index is 624. The van der Waals surface area contributed by atoms with Crippen molar-refractivity contribution < 1.29 is 14.3 Å². The van der Waals surface area contributed by atoms with Crippen LogP contribution in [0.25, 0.3) is 11.4 Å². The van der Waals surface area contributed by atoms with Crippen LogP contribution in [0.3, 0.4) is 0 Å². The number of hydrogen-bond acceptors (Lipinski definition) is 7. The molecule has 1 aromatic carbocycles. The van der Waals surface area contributed by atoms with Gasteiger partial charge in [-0.25, -0.2) is 0 Å². The minimum Gasteiger partial charge on any atom is -0.364 e. The van der Waals surface area contributed by atoms with Crippen molar-refractivity contribution in [2.45, 2.75) is 6.92 Å². The van der Waals surface area contributed by atoms with Gasteiger partial charge in [-0.3, -0.25) is 9.69 Å². The lowest BCUT2D eigenvalue weighted by Crippen LogP contribution is -2.27. The van der Waals surface area contributed by atoms with Crippen molar-refractivity contribution >= 4 is 18.3 Å². The molecule has 1 heterocycles. The molecule has 2 rings (SSSR count). The molecule has 122 valence electrons. The molecule has 1 amide bonds. The maximum Gasteiger partial charge on any atom is 0.239 e. The van der Waals surface area contributed by atoms with Crippen LogP contribution in [0.2, 0.25) is 0 Å². The van der Waals surface area contributed by atoms with Gasteiger partial charge in [-0.1, -0.05) is 30.3 Å². The summed E-state index contributed by atoms with van der Waals surface area (Å²) in [5, 5.41) is 2.91. The van der Waals surface area contributed by atoms with Gasteiger partial charge in [0.1, 0.15) is 13.5 Å². The second kappa shape index (κ2) is 8.76. The number of aromatic nitrogens is 3. The van der Waals surface area contributed by atoms with E-state index in [2.05, 4.69) is 20.3 Å². The lowest BCUT2D eigenvalue weighted by molar-refractivity contribution is -0.108. The summed E-state index contributed by atoms with van der Waals surface area (Å²) in [6, 6.07) is 9.44. The summed E-state index contributed by atoms with van der Waals surface area (Å²) < 4.78 is 10.2. The van der Waals surface area contributed by atoms with Crippen LogP contribution in [0.15, 0.2) is 30.3 Å². The molecule has 0 saturated heterocycles. The van der Waals surface area contributed by atoms with Crippen LogP contribution in [0.5, 0.6) is 0 Å². The molecule has 0 spiro atoms. The maximum atomic E-state index is 11.3. The zero-order valence-electron chi connectivity index (χ0n) is 13.1. The molecule has 0 saturated carbocycles. The van der Waals surface area contributed by atoms with Crippen LogP contribution < -0.4 is 10.2 Å². The number of rotatable bonds is 9. The Morgan fingerprint density at radius 2 is 2.00 bits per heavy atom. The highest BCUT2D eigenvalue weighted by Crippen LogP contribution is 2.19. The molecule has 23 heavy (non-hydrogen) atoms. The van der Waals surface area contributed by atoms with E-state index in [4.69, 9.17) is 9.47 Å². The summed E-state index contributed by atoms with van der Waals surface area (Å²) in [6.07, 6.45) is 0.625. The predicted octanol–water partition coefficient (Wildman–Crippen LogP) is 1.51. The van der Waals surface area contributed by atoms with Crippen molar-refractivity contribution in [1.29, 1.82) is 0 Å². The van der Waals surface area contributed by atoms with E-state index in [0.717, 1.165) is 5.56 Å². The van der Waals surface area contributed by atoms with E-state index >= 15 is 0 Å². The van der Waals surface area contributed by atoms with Crippen LogP contribution >= 0.6 is 0 Å². The Labute approximate surface area is 134 Å². The van der Waals surface area contributed by atoms with E-state index in [1.54, 1.807) is 7.11 Å². The minimum atomic E-state index is 0.0714. The molecule has 0 aliphatic carbocycles. The molecule has 0 bridgehead atoms. The number of hydrogen-bond donors (Lipinski definition) is 1. The highest BCUT2D eigenvalue weighted by molar-refractivity contribution is 5.72. The molecule has 0 atom stereocenters. The van der Waals surface area contributed by atoms with E-state index in [9.17, 15) is 4.79 Å². The van der Waals surface area contributed by atoms with E-state index in [-0.39, 0.29) is 19.4 Å². The maximum absolute atomic E-state index is 11.3. The van der Waals surface area contributed by atoms with Crippen LogP contribution in [0.1, 0.15) is 6.92 Å². The Hall–Kier alpha value is -2.58. The Morgan fingerprint density at radius 1 is 1.22 bits per heavy atom. The summed E-state index contributed by atoms with van der Waals surface area (Å²) in [6.45, 7) is 2.64. The fourth-order valence-corrected chi connectivity index (χ4v) is 1.75. The lowest BCUT2D eigenvalue weighted by atomic mass is 10.2. The van der Waals surface area contributed by atoms with Crippen LogP contribution in [0, 0.1) is 0 Å². The first kappa shape index (κ1) is 16.8. The van der Waals surface area contributed by atoms with E-state index in [1.807, 2.05) is 37.3 Å². The Morgan fingerprint density at radius 3 is 2.65 bits per heavy atom. The summed E-state index contributed by atoms with van der Waals surface area (Å²) >= 11 is 0. The molecule has 0 radical (unpaired) electrons. The Balaban J connectivity index is 2.38. The molecule has 8 nitrogen and oxygen atoms in total. The number of nitrogens with one attached hydrogen (secondary N) is 1. The quantitative estimate of drug-likeness (QED) is 0.554. The molecule has 0 aliphatic heterocycles. The third-order valence-electron chi connectivity index (χ3n) is 2.85. The van der Waals surface area contributed by atoms with Crippen molar-refractivity contribution in [2.24, 2.45) is 0 Å². The standard InChI is InChI=1S/C15H19N5O3/c1-3-23-11-20(10-21)15-18-13(12-7-5-4-6-8-12)17-14(19-15)16-9-22-2/h4-8,10H,3,9,11H2,1-2H3,(H,16,17,18,19). The topological polar surface area (TPSA) is 89.5 Å². The summed E-state index contributed by atoms with van der Waals surface area (Å²) in [7, 11) is 1.56. The van der Waals surface area contributed by atoms with Gasteiger partial charge in [0.2, 0.25) is 18.3 Å². The van der Waals surface area contributed by atoms with Gasteiger partial charge >= 0.3 is 0 Å². The van der Waals surface area contributed by atoms with Gasteiger partial charge < -0.3 is 14.8 Å². The van der Waals surface area contributed by atoms with Crippen LogP contribution in [-0.2, 0) is 14.3 Å². The molecule has 0 fully saturated rings. The largest absolute Gasteiger partial charge is 0.364 e. The predicted molar refractivity (Wildman–Crippen MR) is 85.8 cm³/mol. The second-order valence-corrected chi connectivity index (χ2v) is 4.46. The van der Waals surface area contributed by atoms with Crippen LogP contribution in [-0.4, -0.2) is 48.5 Å². The zero-order valence-corrected chi connectivity index (χ0v) is 13.1.